The predicted molar refractivity (Wildman–Crippen MR) is 109 cm³/mol. The second-order valence-electron chi connectivity index (χ2n) is 7.54. The molecular formula is C22H22ClF3N2O. The van der Waals surface area contributed by atoms with E-state index in [1.165, 1.54) is 10.9 Å². The lowest BCUT2D eigenvalue weighted by molar-refractivity contribution is -0.153. The minimum Gasteiger partial charge on any atom is -0.484 e. The number of aromatic amines is 1. The molecule has 3 aromatic rings. The highest BCUT2D eigenvalue weighted by Gasteiger charge is 2.28. The molecule has 154 valence electrons. The third kappa shape index (κ3) is 5.06. The van der Waals surface area contributed by atoms with Crippen molar-refractivity contribution in [1.29, 1.82) is 0 Å². The molecule has 0 saturated carbocycles. The molecule has 2 heterocycles. The quantitative estimate of drug-likeness (QED) is 0.534. The summed E-state index contributed by atoms with van der Waals surface area (Å²) in [7, 11) is 0. The number of nitrogens with one attached hydrogen (secondary N) is 1. The van der Waals surface area contributed by atoms with Crippen LogP contribution >= 0.6 is 11.6 Å². The number of nitrogens with zero attached hydrogens (tertiary/aromatic N) is 1. The summed E-state index contributed by atoms with van der Waals surface area (Å²) in [6.07, 6.45) is -0.159. The summed E-state index contributed by atoms with van der Waals surface area (Å²) in [6, 6.07) is 12.9. The van der Waals surface area contributed by atoms with Crippen LogP contribution in [-0.2, 0) is 6.54 Å². The van der Waals surface area contributed by atoms with Crippen LogP contribution in [0.5, 0.6) is 5.75 Å². The van der Waals surface area contributed by atoms with Gasteiger partial charge in [-0.15, -0.1) is 0 Å². The first-order chi connectivity index (χ1) is 13.9. The summed E-state index contributed by atoms with van der Waals surface area (Å²) < 4.78 is 41.9. The van der Waals surface area contributed by atoms with Gasteiger partial charge in [0, 0.05) is 28.7 Å². The molecule has 7 heteroatoms. The van der Waals surface area contributed by atoms with Gasteiger partial charge >= 0.3 is 6.18 Å². The molecule has 1 fully saturated rings. The maximum atomic E-state index is 12.3. The van der Waals surface area contributed by atoms with Crippen LogP contribution in [0.15, 0.2) is 48.7 Å². The Kier molecular flexibility index (Phi) is 5.74. The monoisotopic (exact) mass is 422 g/mol. The number of rotatable bonds is 5. The molecule has 0 bridgehead atoms. The Bertz CT molecular complexity index is 978. The van der Waals surface area contributed by atoms with Crippen molar-refractivity contribution in [2.75, 3.05) is 19.7 Å². The third-order valence-electron chi connectivity index (χ3n) is 5.41. The number of alkyl halides is 3. The number of hydrogen-bond acceptors (Lipinski definition) is 2. The highest BCUT2D eigenvalue weighted by atomic mass is 35.5. The fourth-order valence-corrected chi connectivity index (χ4v) is 4.19. The second-order valence-corrected chi connectivity index (χ2v) is 7.97. The second kappa shape index (κ2) is 8.28. The molecule has 29 heavy (non-hydrogen) atoms. The lowest BCUT2D eigenvalue weighted by Gasteiger charge is -2.32. The molecular weight excluding hydrogens is 401 g/mol. The summed E-state index contributed by atoms with van der Waals surface area (Å²) in [6.45, 7) is 1.33. The summed E-state index contributed by atoms with van der Waals surface area (Å²) in [4.78, 5) is 5.65. The van der Waals surface area contributed by atoms with E-state index < -0.39 is 12.8 Å². The van der Waals surface area contributed by atoms with Crippen LogP contribution in [0.25, 0.3) is 10.9 Å². The van der Waals surface area contributed by atoms with Crippen molar-refractivity contribution in [2.45, 2.75) is 31.5 Å². The largest absolute Gasteiger partial charge is 0.484 e. The maximum Gasteiger partial charge on any atom is 0.422 e. The first-order valence-electron chi connectivity index (χ1n) is 9.65. The highest BCUT2D eigenvalue weighted by molar-refractivity contribution is 6.31. The van der Waals surface area contributed by atoms with E-state index in [4.69, 9.17) is 16.3 Å². The van der Waals surface area contributed by atoms with Crippen molar-refractivity contribution in [3.8, 4) is 5.75 Å². The minimum atomic E-state index is -4.33. The molecule has 0 spiro atoms. The molecule has 1 aliphatic heterocycles. The molecule has 2 aromatic carbocycles. The van der Waals surface area contributed by atoms with Crippen LogP contribution in [0.1, 0.15) is 29.9 Å². The Balaban J connectivity index is 1.35. The topological polar surface area (TPSA) is 28.3 Å². The third-order valence-corrected chi connectivity index (χ3v) is 5.65. The summed E-state index contributed by atoms with van der Waals surface area (Å²) in [5.41, 5.74) is 3.36. The number of hydrogen-bond donors (Lipinski definition) is 1. The molecule has 4 rings (SSSR count). The maximum absolute atomic E-state index is 12.3. The molecule has 3 nitrogen and oxygen atoms in total. The number of benzene rings is 2. The summed E-state index contributed by atoms with van der Waals surface area (Å²) in [5, 5.41) is 1.95. The molecule has 1 aromatic heterocycles. The van der Waals surface area contributed by atoms with E-state index in [1.54, 1.807) is 18.2 Å². The Morgan fingerprint density at radius 3 is 2.66 bits per heavy atom. The van der Waals surface area contributed by atoms with Crippen LogP contribution in [0, 0.1) is 0 Å². The SMILES string of the molecule is FC(F)(F)COc1cccc(CN2CCC(c3c[nH]c4cc(Cl)ccc34)CC2)c1. The predicted octanol–water partition coefficient (Wildman–Crippen LogP) is 6.14. The Labute approximate surface area is 172 Å². The number of H-pyrrole nitrogens is 1. The molecule has 0 aliphatic carbocycles. The number of fused-ring (bicyclic) bond motifs is 1. The van der Waals surface area contributed by atoms with Crippen molar-refractivity contribution in [2.24, 2.45) is 0 Å². The van der Waals surface area contributed by atoms with Gasteiger partial charge in [-0.2, -0.15) is 13.2 Å². The standard InChI is InChI=1S/C22H22ClF3N2O/c23-17-4-5-19-20(12-27-21(19)11-17)16-6-8-28(9-7-16)13-15-2-1-3-18(10-15)29-14-22(24,25)26/h1-5,10-12,16,27H,6-9,13-14H2. The van der Waals surface area contributed by atoms with Crippen molar-refractivity contribution in [3.63, 3.8) is 0 Å². The molecule has 1 N–H and O–H groups in total. The molecule has 1 aliphatic rings. The Hall–Kier alpha value is -2.18. The normalized spacial score (nSPS) is 16.4. The van der Waals surface area contributed by atoms with Gasteiger partial charge in [0.05, 0.1) is 0 Å². The Morgan fingerprint density at radius 2 is 1.90 bits per heavy atom. The van der Waals surface area contributed by atoms with Gasteiger partial charge in [-0.3, -0.25) is 4.90 Å². The number of aromatic nitrogens is 1. The van der Waals surface area contributed by atoms with E-state index in [2.05, 4.69) is 22.1 Å². The first kappa shape index (κ1) is 20.1. The van der Waals surface area contributed by atoms with Crippen LogP contribution < -0.4 is 4.74 Å². The zero-order valence-corrected chi connectivity index (χ0v) is 16.6. The summed E-state index contributed by atoms with van der Waals surface area (Å²) in [5.74, 6) is 0.745. The van der Waals surface area contributed by atoms with Crippen molar-refractivity contribution in [3.05, 3.63) is 64.8 Å². The van der Waals surface area contributed by atoms with E-state index >= 15 is 0 Å². The zero-order valence-electron chi connectivity index (χ0n) is 15.8. The van der Waals surface area contributed by atoms with Gasteiger partial charge in [0.25, 0.3) is 0 Å². The van der Waals surface area contributed by atoms with Crippen LogP contribution in [-0.4, -0.2) is 35.8 Å². The van der Waals surface area contributed by atoms with Crippen molar-refractivity contribution < 1.29 is 17.9 Å². The van der Waals surface area contributed by atoms with Crippen molar-refractivity contribution in [1.82, 2.24) is 9.88 Å². The van der Waals surface area contributed by atoms with Crippen LogP contribution in [0.2, 0.25) is 5.02 Å². The Morgan fingerprint density at radius 1 is 1.10 bits per heavy atom. The van der Waals surface area contributed by atoms with E-state index in [0.29, 0.717) is 12.5 Å². The molecule has 1 saturated heterocycles. The minimum absolute atomic E-state index is 0.257. The highest BCUT2D eigenvalue weighted by Crippen LogP contribution is 2.34. The van der Waals surface area contributed by atoms with Gasteiger partial charge < -0.3 is 9.72 Å². The smallest absolute Gasteiger partial charge is 0.422 e. The number of piperidine rings is 1. The van der Waals surface area contributed by atoms with E-state index in [9.17, 15) is 13.2 Å². The fraction of sp³-hybridized carbons (Fsp3) is 0.364. The number of ether oxygens (including phenoxy) is 1. The van der Waals surface area contributed by atoms with E-state index in [-0.39, 0.29) is 5.75 Å². The average molecular weight is 423 g/mol. The molecule has 0 radical (unpaired) electrons. The molecule has 0 unspecified atom stereocenters. The lowest BCUT2D eigenvalue weighted by Crippen LogP contribution is -2.32. The number of halogens is 4. The number of likely N-dealkylation sites (tertiary alicyclic amines) is 1. The lowest BCUT2D eigenvalue weighted by atomic mass is 9.89. The van der Waals surface area contributed by atoms with Crippen molar-refractivity contribution >= 4 is 22.5 Å². The molecule has 0 amide bonds. The van der Waals surface area contributed by atoms with Gasteiger partial charge in [0.2, 0.25) is 0 Å². The first-order valence-corrected chi connectivity index (χ1v) is 10.0. The average Bonchev–Trinajstić information content (AvgIpc) is 3.10. The summed E-state index contributed by atoms with van der Waals surface area (Å²) >= 11 is 6.07. The molecule has 0 atom stereocenters. The van der Waals surface area contributed by atoms with Crippen LogP contribution in [0.3, 0.4) is 0 Å². The van der Waals surface area contributed by atoms with E-state index in [0.717, 1.165) is 42.0 Å². The van der Waals surface area contributed by atoms with Gasteiger partial charge in [-0.05, 0) is 67.2 Å². The van der Waals surface area contributed by atoms with Gasteiger partial charge in [-0.1, -0.05) is 29.8 Å². The zero-order chi connectivity index (χ0) is 20.4. The van der Waals surface area contributed by atoms with E-state index in [1.807, 2.05) is 18.2 Å². The van der Waals surface area contributed by atoms with Gasteiger partial charge in [0.15, 0.2) is 6.61 Å². The fourth-order valence-electron chi connectivity index (χ4n) is 4.02. The van der Waals surface area contributed by atoms with Gasteiger partial charge in [0.1, 0.15) is 5.75 Å². The van der Waals surface area contributed by atoms with Crippen LogP contribution in [0.4, 0.5) is 13.2 Å². The van der Waals surface area contributed by atoms with Gasteiger partial charge in [-0.25, -0.2) is 0 Å².